The summed E-state index contributed by atoms with van der Waals surface area (Å²) in [5.74, 6) is -0.688. The van der Waals surface area contributed by atoms with E-state index < -0.39 is 17.5 Å². The van der Waals surface area contributed by atoms with Gasteiger partial charge in [0.25, 0.3) is 5.91 Å². The molecule has 2 aromatic carbocycles. The highest BCUT2D eigenvalue weighted by Gasteiger charge is 2.49. The van der Waals surface area contributed by atoms with Crippen LogP contribution in [0.4, 0.5) is 4.79 Å². The Kier molecular flexibility index (Phi) is 5.36. The molecular formula is C22H23IN2O3. The summed E-state index contributed by atoms with van der Waals surface area (Å²) in [5.41, 5.74) is 1.13. The number of rotatable bonds is 4. The molecule has 1 fully saturated rings. The first-order valence-electron chi connectivity index (χ1n) is 9.06. The molecule has 0 saturated carbocycles. The largest absolute Gasteiger partial charge is 0.325 e. The highest BCUT2D eigenvalue weighted by atomic mass is 127. The van der Waals surface area contributed by atoms with Crippen molar-refractivity contribution in [1.29, 1.82) is 0 Å². The molecule has 1 atom stereocenters. The number of carbonyl (C=O) groups excluding carboxylic acids is 3. The Morgan fingerprint density at radius 3 is 2.14 bits per heavy atom. The normalized spacial score (nSPS) is 19.7. The molecule has 28 heavy (non-hydrogen) atoms. The number of ketones is 1. The number of nitrogens with one attached hydrogen (secondary N) is 1. The molecule has 5 nitrogen and oxygen atoms in total. The summed E-state index contributed by atoms with van der Waals surface area (Å²) >= 11 is 2.15. The predicted molar refractivity (Wildman–Crippen MR) is 116 cm³/mol. The van der Waals surface area contributed by atoms with E-state index >= 15 is 0 Å². The number of hydrogen-bond donors (Lipinski definition) is 1. The summed E-state index contributed by atoms with van der Waals surface area (Å²) in [7, 11) is 0. The van der Waals surface area contributed by atoms with Crippen LogP contribution in [-0.2, 0) is 15.7 Å². The van der Waals surface area contributed by atoms with Crippen molar-refractivity contribution in [3.63, 3.8) is 0 Å². The minimum atomic E-state index is -1.18. The van der Waals surface area contributed by atoms with Crippen LogP contribution in [-0.4, -0.2) is 29.2 Å². The predicted octanol–water partition coefficient (Wildman–Crippen LogP) is 4.24. The number of benzene rings is 2. The number of urea groups is 1. The van der Waals surface area contributed by atoms with Gasteiger partial charge in [0.1, 0.15) is 5.54 Å². The Morgan fingerprint density at radius 1 is 1.04 bits per heavy atom. The third-order valence-electron chi connectivity index (χ3n) is 5.07. The van der Waals surface area contributed by atoms with Gasteiger partial charge in [0.05, 0.1) is 6.54 Å². The highest BCUT2D eigenvalue weighted by Crippen LogP contribution is 2.31. The first kappa shape index (κ1) is 20.5. The van der Waals surface area contributed by atoms with Crippen molar-refractivity contribution >= 4 is 40.3 Å². The second-order valence-electron chi connectivity index (χ2n) is 8.20. The van der Waals surface area contributed by atoms with Crippen LogP contribution in [0.15, 0.2) is 48.5 Å². The van der Waals surface area contributed by atoms with E-state index in [0.717, 1.165) is 14.0 Å². The van der Waals surface area contributed by atoms with Gasteiger partial charge >= 0.3 is 6.03 Å². The van der Waals surface area contributed by atoms with Gasteiger partial charge in [-0.1, -0.05) is 57.2 Å². The van der Waals surface area contributed by atoms with Crippen LogP contribution in [0, 0.1) is 3.57 Å². The van der Waals surface area contributed by atoms with Crippen LogP contribution in [0.2, 0.25) is 0 Å². The molecule has 1 unspecified atom stereocenters. The van der Waals surface area contributed by atoms with Gasteiger partial charge in [0.15, 0.2) is 5.78 Å². The molecule has 3 rings (SSSR count). The molecule has 6 heteroatoms. The van der Waals surface area contributed by atoms with E-state index in [1.165, 1.54) is 0 Å². The van der Waals surface area contributed by atoms with Crippen LogP contribution >= 0.6 is 22.6 Å². The number of amides is 3. The molecule has 0 spiro atoms. The lowest BCUT2D eigenvalue weighted by molar-refractivity contribution is -0.130. The first-order chi connectivity index (χ1) is 13.0. The van der Waals surface area contributed by atoms with Gasteiger partial charge < -0.3 is 5.32 Å². The van der Waals surface area contributed by atoms with Gasteiger partial charge in [0, 0.05) is 9.13 Å². The molecule has 1 aliphatic heterocycles. The van der Waals surface area contributed by atoms with E-state index in [1.54, 1.807) is 19.1 Å². The van der Waals surface area contributed by atoms with E-state index in [0.29, 0.717) is 11.1 Å². The van der Waals surface area contributed by atoms with Crippen molar-refractivity contribution < 1.29 is 14.4 Å². The molecule has 0 bridgehead atoms. The number of halogens is 1. The average molecular weight is 490 g/mol. The summed E-state index contributed by atoms with van der Waals surface area (Å²) < 4.78 is 1.01. The SMILES string of the molecule is CC(C)(C)c1ccc(C2(C)NC(=O)N(CC(=O)c3ccc(I)cc3)C2=O)cc1. The molecule has 1 heterocycles. The lowest BCUT2D eigenvalue weighted by Crippen LogP contribution is -2.41. The van der Waals surface area contributed by atoms with Crippen molar-refractivity contribution in [2.75, 3.05) is 6.54 Å². The van der Waals surface area contributed by atoms with E-state index in [1.807, 2.05) is 36.4 Å². The molecule has 146 valence electrons. The smallest absolute Gasteiger partial charge is 0.319 e. The van der Waals surface area contributed by atoms with Gasteiger partial charge in [0.2, 0.25) is 0 Å². The fourth-order valence-electron chi connectivity index (χ4n) is 3.21. The lowest BCUT2D eigenvalue weighted by atomic mass is 9.84. The minimum absolute atomic E-state index is 0.00563. The Hall–Kier alpha value is -2.22. The Balaban J connectivity index is 1.82. The standard InChI is InChI=1S/C22H23IN2O3/c1-21(2,3)15-7-9-16(10-8-15)22(4)19(27)25(20(28)24-22)13-18(26)14-5-11-17(23)12-6-14/h5-12H,13H2,1-4H3,(H,24,28). The van der Waals surface area contributed by atoms with Crippen LogP contribution in [0.5, 0.6) is 0 Å². The summed E-state index contributed by atoms with van der Waals surface area (Å²) in [4.78, 5) is 39.0. The summed E-state index contributed by atoms with van der Waals surface area (Å²) in [6, 6.07) is 14.2. The van der Waals surface area contributed by atoms with Gasteiger partial charge in [-0.15, -0.1) is 0 Å². The summed E-state index contributed by atoms with van der Waals surface area (Å²) in [6.45, 7) is 7.74. The maximum atomic E-state index is 13.0. The molecule has 0 aromatic heterocycles. The molecule has 0 radical (unpaired) electrons. The zero-order chi connectivity index (χ0) is 20.7. The van der Waals surface area contributed by atoms with Crippen LogP contribution in [0.3, 0.4) is 0 Å². The van der Waals surface area contributed by atoms with Crippen LogP contribution in [0.1, 0.15) is 49.2 Å². The van der Waals surface area contributed by atoms with Crippen molar-refractivity contribution in [1.82, 2.24) is 10.2 Å². The highest BCUT2D eigenvalue weighted by molar-refractivity contribution is 14.1. The molecule has 1 aliphatic rings. The third kappa shape index (κ3) is 3.83. The molecule has 2 aromatic rings. The Morgan fingerprint density at radius 2 is 1.61 bits per heavy atom. The lowest BCUT2D eigenvalue weighted by Gasteiger charge is -2.24. The van der Waals surface area contributed by atoms with Crippen molar-refractivity contribution in [2.24, 2.45) is 0 Å². The maximum Gasteiger partial charge on any atom is 0.325 e. The molecule has 1 saturated heterocycles. The van der Waals surface area contributed by atoms with E-state index in [4.69, 9.17) is 0 Å². The fraction of sp³-hybridized carbons (Fsp3) is 0.318. The number of nitrogens with zero attached hydrogens (tertiary/aromatic N) is 1. The number of hydrogen-bond acceptors (Lipinski definition) is 3. The minimum Gasteiger partial charge on any atom is -0.319 e. The average Bonchev–Trinajstić information content (AvgIpc) is 2.86. The summed E-state index contributed by atoms with van der Waals surface area (Å²) in [6.07, 6.45) is 0. The van der Waals surface area contributed by atoms with E-state index in [9.17, 15) is 14.4 Å². The second kappa shape index (κ2) is 7.31. The zero-order valence-electron chi connectivity index (χ0n) is 16.4. The first-order valence-corrected chi connectivity index (χ1v) is 10.1. The number of imide groups is 1. The molecular weight excluding hydrogens is 467 g/mol. The second-order valence-corrected chi connectivity index (χ2v) is 9.45. The number of Topliss-reactive ketones (excluding diaryl/α,β-unsaturated/α-hetero) is 1. The van der Waals surface area contributed by atoms with Crippen LogP contribution in [0.25, 0.3) is 0 Å². The third-order valence-corrected chi connectivity index (χ3v) is 5.79. The number of carbonyl (C=O) groups is 3. The van der Waals surface area contributed by atoms with Gasteiger partial charge in [-0.05, 0) is 58.2 Å². The maximum absolute atomic E-state index is 13.0. The van der Waals surface area contributed by atoms with Crippen molar-refractivity contribution in [3.8, 4) is 0 Å². The van der Waals surface area contributed by atoms with Gasteiger partial charge in [-0.3, -0.25) is 14.5 Å². The zero-order valence-corrected chi connectivity index (χ0v) is 18.5. The topological polar surface area (TPSA) is 66.5 Å². The Labute approximate surface area is 178 Å². The summed E-state index contributed by atoms with van der Waals surface area (Å²) in [5, 5.41) is 2.75. The molecule has 3 amide bonds. The van der Waals surface area contributed by atoms with E-state index in [2.05, 4.69) is 48.7 Å². The quantitative estimate of drug-likeness (QED) is 0.396. The van der Waals surface area contributed by atoms with Gasteiger partial charge in [-0.2, -0.15) is 0 Å². The van der Waals surface area contributed by atoms with Crippen LogP contribution < -0.4 is 5.32 Å². The van der Waals surface area contributed by atoms with Crippen molar-refractivity contribution in [2.45, 2.75) is 38.6 Å². The molecule has 1 N–H and O–H groups in total. The monoisotopic (exact) mass is 490 g/mol. The Bertz CT molecular complexity index is 930. The van der Waals surface area contributed by atoms with Gasteiger partial charge in [-0.25, -0.2) is 4.79 Å². The fourth-order valence-corrected chi connectivity index (χ4v) is 3.57. The van der Waals surface area contributed by atoms with E-state index in [-0.39, 0.29) is 17.7 Å². The molecule has 0 aliphatic carbocycles. The van der Waals surface area contributed by atoms with Crippen molar-refractivity contribution in [3.05, 3.63) is 68.8 Å².